The molecule has 1 aromatic heterocycles. The molecule has 3 rings (SSSR count). The number of hydrogen-bond acceptors (Lipinski definition) is 3. The van der Waals surface area contributed by atoms with E-state index >= 15 is 0 Å². The predicted octanol–water partition coefficient (Wildman–Crippen LogP) is 2.10. The van der Waals surface area contributed by atoms with Crippen LogP contribution >= 0.6 is 11.6 Å². The largest absolute Gasteiger partial charge is 0.308 e. The van der Waals surface area contributed by atoms with E-state index in [1.54, 1.807) is 4.68 Å². The molecule has 0 saturated carbocycles. The van der Waals surface area contributed by atoms with Crippen molar-refractivity contribution in [3.63, 3.8) is 0 Å². The average Bonchev–Trinajstić information content (AvgIpc) is 2.91. The van der Waals surface area contributed by atoms with Crippen LogP contribution in [0.4, 0.5) is 0 Å². The summed E-state index contributed by atoms with van der Waals surface area (Å²) in [6.45, 7) is 5.41. The van der Waals surface area contributed by atoms with Crippen molar-refractivity contribution in [1.82, 2.24) is 20.0 Å². The minimum absolute atomic E-state index is 0.621. The second-order valence-electron chi connectivity index (χ2n) is 5.85. The molecule has 0 bridgehead atoms. The summed E-state index contributed by atoms with van der Waals surface area (Å²) in [6, 6.07) is 1.36. The molecule has 2 atom stereocenters. The van der Waals surface area contributed by atoms with Crippen LogP contribution in [0.1, 0.15) is 36.9 Å². The molecule has 0 amide bonds. The normalized spacial score (nSPS) is 27.7. The van der Waals surface area contributed by atoms with Crippen LogP contribution in [-0.2, 0) is 13.6 Å². The monoisotopic (exact) mass is 282 g/mol. The maximum absolute atomic E-state index is 6.29. The highest BCUT2D eigenvalue weighted by Crippen LogP contribution is 2.28. The molecule has 2 unspecified atom stereocenters. The van der Waals surface area contributed by atoms with Gasteiger partial charge < -0.3 is 5.32 Å². The van der Waals surface area contributed by atoms with Crippen LogP contribution in [0.25, 0.3) is 0 Å². The van der Waals surface area contributed by atoms with Crippen molar-refractivity contribution in [2.24, 2.45) is 7.05 Å². The first kappa shape index (κ1) is 13.4. The maximum atomic E-state index is 6.29. The maximum Gasteiger partial charge on any atom is 0.131 e. The van der Waals surface area contributed by atoms with Gasteiger partial charge in [0.15, 0.2) is 0 Å². The lowest BCUT2D eigenvalue weighted by Gasteiger charge is -2.32. The Morgan fingerprint density at radius 2 is 2.16 bits per heavy atom. The lowest BCUT2D eigenvalue weighted by atomic mass is 9.99. The van der Waals surface area contributed by atoms with Crippen LogP contribution in [0.3, 0.4) is 0 Å². The molecule has 5 heteroatoms. The van der Waals surface area contributed by atoms with Crippen LogP contribution in [0.15, 0.2) is 0 Å². The number of hydrogen-bond donors (Lipinski definition) is 1. The van der Waals surface area contributed by atoms with Gasteiger partial charge in [-0.05, 0) is 32.7 Å². The Hall–Kier alpha value is -0.580. The molecule has 2 fully saturated rings. The van der Waals surface area contributed by atoms with Crippen molar-refractivity contribution in [2.75, 3.05) is 13.1 Å². The third-order valence-corrected chi connectivity index (χ3v) is 5.14. The van der Waals surface area contributed by atoms with Gasteiger partial charge >= 0.3 is 0 Å². The van der Waals surface area contributed by atoms with Crippen molar-refractivity contribution < 1.29 is 0 Å². The molecule has 2 aliphatic rings. The number of aryl methyl sites for hydroxylation is 2. The van der Waals surface area contributed by atoms with E-state index in [1.807, 2.05) is 14.0 Å². The minimum Gasteiger partial charge on any atom is -0.308 e. The first-order valence-electron chi connectivity index (χ1n) is 7.32. The second-order valence-corrected chi connectivity index (χ2v) is 6.21. The lowest BCUT2D eigenvalue weighted by molar-refractivity contribution is 0.180. The molecule has 3 heterocycles. The standard InChI is InChI=1S/C14H23ClN4/c1-10-11(14(15)18(2)17-10)9-16-12-6-8-19-7-4-3-5-13(12)19/h12-13,16H,3-9H2,1-2H3. The Labute approximate surface area is 120 Å². The summed E-state index contributed by atoms with van der Waals surface area (Å²) >= 11 is 6.29. The molecule has 0 radical (unpaired) electrons. The summed E-state index contributed by atoms with van der Waals surface area (Å²) in [5, 5.41) is 8.85. The summed E-state index contributed by atoms with van der Waals surface area (Å²) in [5.41, 5.74) is 2.19. The van der Waals surface area contributed by atoms with Crippen molar-refractivity contribution in [3.8, 4) is 0 Å². The number of nitrogens with zero attached hydrogens (tertiary/aromatic N) is 3. The molecule has 2 saturated heterocycles. The summed E-state index contributed by atoms with van der Waals surface area (Å²) < 4.78 is 1.76. The molecule has 2 aliphatic heterocycles. The van der Waals surface area contributed by atoms with E-state index in [0.29, 0.717) is 6.04 Å². The molecule has 4 nitrogen and oxygen atoms in total. The van der Waals surface area contributed by atoms with Gasteiger partial charge in [-0.2, -0.15) is 5.10 Å². The van der Waals surface area contributed by atoms with Crippen LogP contribution in [0.2, 0.25) is 5.15 Å². The van der Waals surface area contributed by atoms with Gasteiger partial charge in [0.1, 0.15) is 5.15 Å². The topological polar surface area (TPSA) is 33.1 Å². The second kappa shape index (κ2) is 5.43. The fraction of sp³-hybridized carbons (Fsp3) is 0.786. The summed E-state index contributed by atoms with van der Waals surface area (Å²) in [5.74, 6) is 0. The Morgan fingerprint density at radius 1 is 1.32 bits per heavy atom. The molecule has 0 aromatic carbocycles. The van der Waals surface area contributed by atoms with Crippen LogP contribution in [-0.4, -0.2) is 39.9 Å². The van der Waals surface area contributed by atoms with Gasteiger partial charge in [-0.1, -0.05) is 18.0 Å². The summed E-state index contributed by atoms with van der Waals surface area (Å²) in [6.07, 6.45) is 5.36. The van der Waals surface area contributed by atoms with E-state index in [9.17, 15) is 0 Å². The Kier molecular flexibility index (Phi) is 3.83. The number of halogens is 1. The van der Waals surface area contributed by atoms with Gasteiger partial charge in [0.05, 0.1) is 5.69 Å². The van der Waals surface area contributed by atoms with E-state index in [2.05, 4.69) is 15.3 Å². The van der Waals surface area contributed by atoms with Crippen molar-refractivity contribution in [1.29, 1.82) is 0 Å². The molecule has 19 heavy (non-hydrogen) atoms. The average molecular weight is 283 g/mol. The first-order valence-corrected chi connectivity index (χ1v) is 7.70. The van der Waals surface area contributed by atoms with Crippen molar-refractivity contribution in [2.45, 2.75) is 51.2 Å². The van der Waals surface area contributed by atoms with Crippen LogP contribution in [0.5, 0.6) is 0 Å². The zero-order valence-corrected chi connectivity index (χ0v) is 12.6. The molecule has 0 spiro atoms. The highest BCUT2D eigenvalue weighted by Gasteiger charge is 2.35. The number of aromatic nitrogens is 2. The fourth-order valence-electron chi connectivity index (χ4n) is 3.59. The number of rotatable bonds is 3. The SMILES string of the molecule is Cc1nn(C)c(Cl)c1CNC1CCN2CCCCC12. The predicted molar refractivity (Wildman–Crippen MR) is 77.4 cm³/mol. The van der Waals surface area contributed by atoms with Crippen molar-refractivity contribution >= 4 is 11.6 Å². The number of nitrogens with one attached hydrogen (secondary N) is 1. The van der Waals surface area contributed by atoms with Gasteiger partial charge in [-0.15, -0.1) is 0 Å². The summed E-state index contributed by atoms with van der Waals surface area (Å²) in [7, 11) is 1.90. The van der Waals surface area contributed by atoms with Gasteiger partial charge in [0.2, 0.25) is 0 Å². The zero-order valence-electron chi connectivity index (χ0n) is 11.8. The zero-order chi connectivity index (χ0) is 13.4. The van der Waals surface area contributed by atoms with E-state index in [4.69, 9.17) is 11.6 Å². The quantitative estimate of drug-likeness (QED) is 0.922. The third kappa shape index (κ3) is 2.54. The van der Waals surface area contributed by atoms with Gasteiger partial charge in [-0.3, -0.25) is 9.58 Å². The Morgan fingerprint density at radius 3 is 2.89 bits per heavy atom. The molecular weight excluding hydrogens is 260 g/mol. The molecule has 0 aliphatic carbocycles. The van der Waals surface area contributed by atoms with Crippen LogP contribution in [0, 0.1) is 6.92 Å². The fourth-order valence-corrected chi connectivity index (χ4v) is 3.83. The minimum atomic E-state index is 0.621. The smallest absolute Gasteiger partial charge is 0.131 e. The van der Waals surface area contributed by atoms with Crippen molar-refractivity contribution in [3.05, 3.63) is 16.4 Å². The molecular formula is C14H23ClN4. The molecule has 106 valence electrons. The van der Waals surface area contributed by atoms with E-state index < -0.39 is 0 Å². The lowest BCUT2D eigenvalue weighted by Crippen LogP contribution is -2.44. The van der Waals surface area contributed by atoms with Crippen LogP contribution < -0.4 is 5.32 Å². The van der Waals surface area contributed by atoms with Gasteiger partial charge in [0.25, 0.3) is 0 Å². The highest BCUT2D eigenvalue weighted by molar-refractivity contribution is 6.30. The summed E-state index contributed by atoms with van der Waals surface area (Å²) in [4.78, 5) is 2.65. The van der Waals surface area contributed by atoms with E-state index in [1.165, 1.54) is 38.8 Å². The number of fused-ring (bicyclic) bond motifs is 1. The molecule has 1 N–H and O–H groups in total. The first-order chi connectivity index (χ1) is 9.16. The molecule has 1 aromatic rings. The highest BCUT2D eigenvalue weighted by atomic mass is 35.5. The van der Waals surface area contributed by atoms with E-state index in [0.717, 1.165) is 29.0 Å². The Bertz CT molecular complexity index is 457. The number of piperidine rings is 1. The van der Waals surface area contributed by atoms with Gasteiger partial charge in [-0.25, -0.2) is 0 Å². The third-order valence-electron chi connectivity index (χ3n) is 4.67. The van der Waals surface area contributed by atoms with Gasteiger partial charge in [0, 0.05) is 37.8 Å². The van der Waals surface area contributed by atoms with E-state index in [-0.39, 0.29) is 0 Å². The Balaban J connectivity index is 1.63.